The average Bonchev–Trinajstić information content (AvgIpc) is 3.83. The van der Waals surface area contributed by atoms with Crippen LogP contribution in [0.4, 0.5) is 0 Å². The molecule has 10 aliphatic rings. The van der Waals surface area contributed by atoms with E-state index in [1.165, 1.54) is 81.8 Å². The number of ketones is 1. The Morgan fingerprint density at radius 3 is 1.62 bits per heavy atom. The van der Waals surface area contributed by atoms with Crippen LogP contribution < -0.4 is 0 Å². The minimum atomic E-state index is -0.547. The monoisotopic (exact) mass is 897 g/mol. The molecule has 0 amide bonds. The van der Waals surface area contributed by atoms with Crippen LogP contribution in [0.1, 0.15) is 212 Å². The fraction of sp³-hybridized carbons (Fsp3) is 0.900. The van der Waals surface area contributed by atoms with Crippen molar-refractivity contribution < 1.29 is 24.9 Å². The van der Waals surface area contributed by atoms with Crippen molar-refractivity contribution in [3.63, 3.8) is 0 Å². The first kappa shape index (κ1) is 48.6. The number of aliphatic carboxylic acids is 1. The van der Waals surface area contributed by atoms with Crippen molar-refractivity contribution in [3.8, 4) is 0 Å². The largest absolute Gasteiger partial charge is 0.481 e. The molecule has 5 heteroatoms. The number of aliphatic hydroxyl groups is 2. The van der Waals surface area contributed by atoms with Crippen LogP contribution in [0.15, 0.2) is 24.3 Å². The first-order chi connectivity index (χ1) is 30.1. The molecule has 0 radical (unpaired) electrons. The molecule has 6 unspecified atom stereocenters. The van der Waals surface area contributed by atoms with E-state index in [4.69, 9.17) is 0 Å². The zero-order valence-electron chi connectivity index (χ0n) is 43.8. The predicted octanol–water partition coefficient (Wildman–Crippen LogP) is 14.3. The van der Waals surface area contributed by atoms with Crippen molar-refractivity contribution in [2.75, 3.05) is 6.61 Å². The van der Waals surface area contributed by atoms with E-state index in [1.54, 1.807) is 0 Å². The highest BCUT2D eigenvalue weighted by Gasteiger charge is 2.73. The lowest BCUT2D eigenvalue weighted by molar-refractivity contribution is -0.249. The summed E-state index contributed by atoms with van der Waals surface area (Å²) in [5.41, 5.74) is 3.63. The number of carboxylic acids is 1. The lowest BCUT2D eigenvalue weighted by Crippen LogP contribution is -2.66. The van der Waals surface area contributed by atoms with Gasteiger partial charge in [0.2, 0.25) is 0 Å². The predicted molar refractivity (Wildman–Crippen MR) is 264 cm³/mol. The summed E-state index contributed by atoms with van der Waals surface area (Å²) in [6.07, 6.45) is 22.4. The Bertz CT molecular complexity index is 1960. The van der Waals surface area contributed by atoms with Gasteiger partial charge in [0.15, 0.2) is 0 Å². The summed E-state index contributed by atoms with van der Waals surface area (Å²) in [6.45, 7) is 38.3. The Kier molecular flexibility index (Phi) is 11.4. The van der Waals surface area contributed by atoms with E-state index in [0.29, 0.717) is 70.1 Å². The molecule has 10 aliphatic carbocycles. The molecule has 0 aliphatic heterocycles. The fourth-order valence-electron chi connectivity index (χ4n) is 22.9. The van der Waals surface area contributed by atoms with Gasteiger partial charge in [0.05, 0.1) is 11.5 Å². The van der Waals surface area contributed by atoms with Crippen molar-refractivity contribution in [1.29, 1.82) is 0 Å². The molecule has 0 spiro atoms. The van der Waals surface area contributed by atoms with Gasteiger partial charge in [-0.05, 0) is 238 Å². The van der Waals surface area contributed by atoms with Gasteiger partial charge >= 0.3 is 5.97 Å². The second-order valence-electron chi connectivity index (χ2n) is 28.9. The summed E-state index contributed by atoms with van der Waals surface area (Å²) in [6, 6.07) is 0. The molecule has 0 saturated heterocycles. The minimum Gasteiger partial charge on any atom is -0.481 e. The van der Waals surface area contributed by atoms with Gasteiger partial charge in [-0.3, -0.25) is 9.59 Å². The molecular weight excluding hydrogens is 801 g/mol. The zero-order valence-corrected chi connectivity index (χ0v) is 43.8. The van der Waals surface area contributed by atoms with E-state index in [1.807, 2.05) is 0 Å². The maximum absolute atomic E-state index is 12.9. The quantitative estimate of drug-likeness (QED) is 0.244. The van der Waals surface area contributed by atoms with Crippen LogP contribution in [0.5, 0.6) is 0 Å². The third-order valence-corrected chi connectivity index (χ3v) is 26.8. The van der Waals surface area contributed by atoms with E-state index >= 15 is 0 Å². The van der Waals surface area contributed by atoms with Crippen LogP contribution in [0.2, 0.25) is 0 Å². The third kappa shape index (κ3) is 6.12. The summed E-state index contributed by atoms with van der Waals surface area (Å²) in [4.78, 5) is 25.7. The number of hydrogen-bond acceptors (Lipinski definition) is 4. The van der Waals surface area contributed by atoms with E-state index in [2.05, 4.69) is 96.2 Å². The van der Waals surface area contributed by atoms with Gasteiger partial charge in [0.1, 0.15) is 5.78 Å². The number of carbonyl (C=O) groups is 2. The van der Waals surface area contributed by atoms with E-state index in [-0.39, 0.29) is 44.5 Å². The van der Waals surface area contributed by atoms with E-state index in [9.17, 15) is 24.9 Å². The number of allylic oxidation sites excluding steroid dienone is 2. The number of carboxylic acid groups (broad SMARTS) is 1. The number of carbonyl (C=O) groups excluding carboxylic acids is 1. The molecule has 0 aromatic carbocycles. The molecule has 10 saturated carbocycles. The number of rotatable bonds is 4. The average molecular weight is 897 g/mol. The standard InChI is InChI=1S/C30H46O3.C30H50O2/c1-18(2)19-10-15-30(25(32)33)17-16-28(6)20(24(19)30)8-9-22-27(5)13-12-23(31)26(3,4)21(27)11-14-29(22,28)7;1-19(2)20-10-15-30(18-31)17-16-28(6)21(25(20)30)8-9-23-27(5)13-12-24(32)26(3,4)22(27)11-14-29(23,28)7/h19-22,24H,1,8-17H2,2-7H3,(H,32,33);20-25,31-32H,1,8-18H2,2-7H3/t19?,20-,21?,22-,24?,27+,28-,29-,30+;20?,21-,22?,23-,24+,25?,27+,28-,29-,30-/m11/s1. The molecule has 366 valence electrons. The lowest BCUT2D eigenvalue weighted by atomic mass is 9.32. The lowest BCUT2D eigenvalue weighted by Gasteiger charge is -2.73. The summed E-state index contributed by atoms with van der Waals surface area (Å²) < 4.78 is 0. The Labute approximate surface area is 397 Å². The van der Waals surface area contributed by atoms with Crippen LogP contribution in [0.25, 0.3) is 0 Å². The molecule has 65 heavy (non-hydrogen) atoms. The third-order valence-electron chi connectivity index (χ3n) is 26.8. The van der Waals surface area contributed by atoms with E-state index < -0.39 is 11.4 Å². The van der Waals surface area contributed by atoms with Gasteiger partial charge in [-0.25, -0.2) is 0 Å². The smallest absolute Gasteiger partial charge is 0.309 e. The molecule has 0 aromatic rings. The van der Waals surface area contributed by atoms with Gasteiger partial charge in [-0.1, -0.05) is 93.5 Å². The Hall–Kier alpha value is -1.46. The summed E-state index contributed by atoms with van der Waals surface area (Å²) >= 11 is 0. The maximum atomic E-state index is 12.9. The SMILES string of the molecule is C=C(C)C1CC[C@]2(C(=O)O)CC[C@]3(C)[C@H](CC[C@@H]4[C@@]5(C)CCC(=O)C(C)(C)C5CC[C@]43C)C12.C=C(C)C1CC[C@]2(CO)CC[C@]3(C)[C@H](CC[C@@H]4[C@@]5(C)CC[C@H](O)C(C)(C)C5CC[C@]43C)C12. The second kappa shape index (κ2) is 15.3. The van der Waals surface area contributed by atoms with Gasteiger partial charge in [0.25, 0.3) is 0 Å². The highest BCUT2D eigenvalue weighted by Crippen LogP contribution is 2.79. The number of fused-ring (bicyclic) bond motifs is 14. The highest BCUT2D eigenvalue weighted by atomic mass is 16.4. The summed E-state index contributed by atoms with van der Waals surface area (Å²) in [5.74, 6) is 5.39. The van der Waals surface area contributed by atoms with Gasteiger partial charge in [-0.2, -0.15) is 0 Å². The van der Waals surface area contributed by atoms with Crippen LogP contribution >= 0.6 is 0 Å². The molecule has 19 atom stereocenters. The molecule has 3 N–H and O–H groups in total. The number of aliphatic hydroxyl groups excluding tert-OH is 2. The molecular formula is C60H96O5. The van der Waals surface area contributed by atoms with Gasteiger partial charge < -0.3 is 15.3 Å². The van der Waals surface area contributed by atoms with Gasteiger partial charge in [-0.15, -0.1) is 0 Å². The van der Waals surface area contributed by atoms with Crippen molar-refractivity contribution in [1.82, 2.24) is 0 Å². The topological polar surface area (TPSA) is 94.8 Å². The second-order valence-corrected chi connectivity index (χ2v) is 28.9. The van der Waals surface area contributed by atoms with Crippen LogP contribution in [0, 0.1) is 113 Å². The van der Waals surface area contributed by atoms with Gasteiger partial charge in [0, 0.05) is 18.4 Å². The molecule has 10 rings (SSSR count). The van der Waals surface area contributed by atoms with Crippen LogP contribution in [0.3, 0.4) is 0 Å². The van der Waals surface area contributed by atoms with Crippen molar-refractivity contribution >= 4 is 11.8 Å². The highest BCUT2D eigenvalue weighted by molar-refractivity contribution is 5.85. The van der Waals surface area contributed by atoms with Crippen LogP contribution in [-0.4, -0.2) is 39.8 Å². The molecule has 5 nitrogen and oxygen atoms in total. The maximum Gasteiger partial charge on any atom is 0.309 e. The number of Topliss-reactive ketones (excluding diaryl/α,β-unsaturated/α-hetero) is 1. The normalized spacial score (nSPS) is 54.6. The molecule has 10 fully saturated rings. The minimum absolute atomic E-state index is 0.0290. The summed E-state index contributed by atoms with van der Waals surface area (Å²) in [5, 5.41) is 32.0. The Balaban J connectivity index is 0.000000164. The summed E-state index contributed by atoms with van der Waals surface area (Å²) in [7, 11) is 0. The first-order valence-corrected chi connectivity index (χ1v) is 27.5. The van der Waals surface area contributed by atoms with Crippen molar-refractivity contribution in [2.45, 2.75) is 218 Å². The molecule has 0 bridgehead atoms. The van der Waals surface area contributed by atoms with E-state index in [0.717, 1.165) is 69.6 Å². The Morgan fingerprint density at radius 2 is 1.06 bits per heavy atom. The fourth-order valence-corrected chi connectivity index (χ4v) is 22.9. The first-order valence-electron chi connectivity index (χ1n) is 27.5. The van der Waals surface area contributed by atoms with Crippen molar-refractivity contribution in [2.24, 2.45) is 113 Å². The molecule has 0 aromatic heterocycles. The van der Waals surface area contributed by atoms with Crippen LogP contribution in [-0.2, 0) is 9.59 Å². The Morgan fingerprint density at radius 1 is 0.554 bits per heavy atom. The molecule has 0 heterocycles. The number of hydrogen-bond donors (Lipinski definition) is 3. The van der Waals surface area contributed by atoms with Crippen molar-refractivity contribution in [3.05, 3.63) is 24.3 Å². The zero-order chi connectivity index (χ0) is 47.5.